The van der Waals surface area contributed by atoms with Crippen molar-refractivity contribution in [1.82, 2.24) is 5.32 Å². The van der Waals surface area contributed by atoms with Gasteiger partial charge < -0.3 is 50.5 Å². The Hall–Kier alpha value is -1.15. The summed E-state index contributed by atoms with van der Waals surface area (Å²) in [5, 5.41) is 75.8. The Labute approximate surface area is 366 Å². The fourth-order valence-corrected chi connectivity index (χ4v) is 8.14. The fourth-order valence-electron chi connectivity index (χ4n) is 8.14. The molecule has 1 saturated heterocycles. The van der Waals surface area contributed by atoms with E-state index in [0.29, 0.717) is 19.3 Å². The number of allylic oxidation sites excluding steroid dienone is 2. The van der Waals surface area contributed by atoms with Crippen LogP contribution in [0.3, 0.4) is 0 Å². The number of nitrogens with one attached hydrogen (secondary N) is 1. The van der Waals surface area contributed by atoms with Crippen molar-refractivity contribution in [3.05, 3.63) is 12.2 Å². The van der Waals surface area contributed by atoms with Gasteiger partial charge in [-0.25, -0.2) is 0 Å². The lowest BCUT2D eigenvalue weighted by Gasteiger charge is -2.40. The van der Waals surface area contributed by atoms with E-state index < -0.39 is 74.2 Å². The fraction of sp³-hybridized carbons (Fsp3) is 0.939. The van der Waals surface area contributed by atoms with Gasteiger partial charge in [-0.2, -0.15) is 0 Å². The molecule has 0 saturated carbocycles. The largest absolute Gasteiger partial charge is 0.394 e. The number of hydrogen-bond acceptors (Lipinski definition) is 10. The third-order valence-electron chi connectivity index (χ3n) is 12.3. The van der Waals surface area contributed by atoms with E-state index in [4.69, 9.17) is 9.47 Å². The van der Waals surface area contributed by atoms with Crippen LogP contribution in [0.4, 0.5) is 0 Å². The predicted octanol–water partition coefficient (Wildman–Crippen LogP) is 8.84. The van der Waals surface area contributed by atoms with E-state index in [1.807, 2.05) is 0 Å². The minimum atomic E-state index is -1.66. The lowest BCUT2D eigenvalue weighted by Crippen LogP contribution is -2.60. The van der Waals surface area contributed by atoms with Gasteiger partial charge in [0.2, 0.25) is 5.91 Å². The lowest BCUT2D eigenvalue weighted by atomic mass is 9.98. The molecule has 0 bridgehead atoms. The number of rotatable bonds is 42. The van der Waals surface area contributed by atoms with E-state index in [1.54, 1.807) is 0 Å². The van der Waals surface area contributed by atoms with Gasteiger partial charge in [-0.15, -0.1) is 0 Å². The van der Waals surface area contributed by atoms with Crippen molar-refractivity contribution in [1.29, 1.82) is 0 Å². The van der Waals surface area contributed by atoms with Crippen LogP contribution in [0.5, 0.6) is 0 Å². The molecule has 1 fully saturated rings. The van der Waals surface area contributed by atoms with Crippen LogP contribution in [0.1, 0.15) is 226 Å². The molecule has 9 atom stereocenters. The Bertz CT molecular complexity index is 986. The van der Waals surface area contributed by atoms with Crippen molar-refractivity contribution in [2.24, 2.45) is 0 Å². The van der Waals surface area contributed by atoms with Crippen LogP contribution in [0.2, 0.25) is 0 Å². The molecule has 11 nitrogen and oxygen atoms in total. The number of carbonyl (C=O) groups is 1. The zero-order valence-electron chi connectivity index (χ0n) is 38.5. The Morgan fingerprint density at radius 2 is 0.967 bits per heavy atom. The Morgan fingerprint density at radius 1 is 0.567 bits per heavy atom. The highest BCUT2D eigenvalue weighted by Crippen LogP contribution is 2.23. The van der Waals surface area contributed by atoms with Crippen molar-refractivity contribution in [3.8, 4) is 0 Å². The van der Waals surface area contributed by atoms with Gasteiger partial charge >= 0.3 is 0 Å². The molecule has 11 heteroatoms. The molecule has 1 aliphatic heterocycles. The van der Waals surface area contributed by atoms with Crippen molar-refractivity contribution in [3.63, 3.8) is 0 Å². The summed E-state index contributed by atoms with van der Waals surface area (Å²) in [6.07, 6.45) is 31.0. The van der Waals surface area contributed by atoms with Crippen LogP contribution < -0.4 is 5.32 Å². The first-order valence-electron chi connectivity index (χ1n) is 25.1. The molecule has 1 heterocycles. The molecule has 1 amide bonds. The van der Waals surface area contributed by atoms with Crippen molar-refractivity contribution >= 4 is 5.91 Å². The normalized spacial score (nSPS) is 21.6. The standard InChI is InChI=1S/C49H95NO10/c1-3-5-7-9-11-13-15-17-19-21-23-24-26-28-30-32-34-36-41(52)44(54)40(39-59-49-47(57)46(56)45(55)43(38-51)60-49)50-48(58)42(53)37-35-33-31-29-27-25-22-20-18-16-14-12-10-8-6-4-2/h18,20,40-47,49,51-57H,3-17,19,21-39H2,1-2H3,(H,50,58)/b20-18-. The summed E-state index contributed by atoms with van der Waals surface area (Å²) in [4.78, 5) is 13.1. The molecule has 0 aromatic rings. The molecule has 0 aromatic heterocycles. The molecule has 9 unspecified atom stereocenters. The van der Waals surface area contributed by atoms with E-state index in [9.17, 15) is 40.5 Å². The van der Waals surface area contributed by atoms with E-state index in [-0.39, 0.29) is 6.42 Å². The van der Waals surface area contributed by atoms with Gasteiger partial charge in [0, 0.05) is 0 Å². The quantitative estimate of drug-likeness (QED) is 0.0218. The smallest absolute Gasteiger partial charge is 0.249 e. The molecule has 8 N–H and O–H groups in total. The minimum absolute atomic E-state index is 0.255. The van der Waals surface area contributed by atoms with Crippen LogP contribution in [0.25, 0.3) is 0 Å². The van der Waals surface area contributed by atoms with Gasteiger partial charge in [0.05, 0.1) is 25.4 Å². The third kappa shape index (κ3) is 28.5. The summed E-state index contributed by atoms with van der Waals surface area (Å²) in [5.74, 6) is -0.700. The number of aliphatic hydroxyl groups is 7. The van der Waals surface area contributed by atoms with E-state index >= 15 is 0 Å². The zero-order chi connectivity index (χ0) is 44.1. The Kier molecular flexibility index (Phi) is 37.4. The highest BCUT2D eigenvalue weighted by atomic mass is 16.7. The second-order valence-electron chi connectivity index (χ2n) is 17.9. The summed E-state index contributed by atoms with van der Waals surface area (Å²) >= 11 is 0. The topological polar surface area (TPSA) is 189 Å². The molecule has 1 aliphatic rings. The first-order chi connectivity index (χ1) is 29.2. The van der Waals surface area contributed by atoms with Gasteiger partial charge in [-0.05, 0) is 38.5 Å². The van der Waals surface area contributed by atoms with Crippen molar-refractivity contribution in [2.45, 2.75) is 281 Å². The van der Waals surface area contributed by atoms with Gasteiger partial charge in [0.25, 0.3) is 0 Å². The van der Waals surface area contributed by atoms with E-state index in [2.05, 4.69) is 31.3 Å². The highest BCUT2D eigenvalue weighted by molar-refractivity contribution is 5.80. The van der Waals surface area contributed by atoms with Crippen LogP contribution in [-0.2, 0) is 14.3 Å². The van der Waals surface area contributed by atoms with Gasteiger partial charge in [0.1, 0.15) is 36.6 Å². The molecular weight excluding hydrogens is 763 g/mol. The predicted molar refractivity (Wildman–Crippen MR) is 243 cm³/mol. The molecule has 0 spiro atoms. The zero-order valence-corrected chi connectivity index (χ0v) is 38.5. The maximum absolute atomic E-state index is 13.1. The van der Waals surface area contributed by atoms with Gasteiger partial charge in [0.15, 0.2) is 6.29 Å². The number of aliphatic hydroxyl groups excluding tert-OH is 7. The SMILES string of the molecule is CCCCCCCC/C=C\CCCCCCCCC(O)C(=O)NC(COC1OC(CO)C(O)C(O)C1O)C(O)C(O)CCCCCCCCCCCCCCCCCCC. The molecule has 0 aliphatic carbocycles. The van der Waals surface area contributed by atoms with Crippen molar-refractivity contribution < 1.29 is 50.0 Å². The highest BCUT2D eigenvalue weighted by Gasteiger charge is 2.44. The lowest BCUT2D eigenvalue weighted by molar-refractivity contribution is -0.303. The average molecular weight is 858 g/mol. The minimum Gasteiger partial charge on any atom is -0.394 e. The molecular formula is C49H95NO10. The molecule has 60 heavy (non-hydrogen) atoms. The number of amides is 1. The van der Waals surface area contributed by atoms with Crippen molar-refractivity contribution in [2.75, 3.05) is 13.2 Å². The summed E-state index contributed by atoms with van der Waals surface area (Å²) in [7, 11) is 0. The number of unbranched alkanes of at least 4 members (excludes halogenated alkanes) is 28. The summed E-state index contributed by atoms with van der Waals surface area (Å²) in [5.41, 5.74) is 0. The number of hydrogen-bond donors (Lipinski definition) is 8. The maximum Gasteiger partial charge on any atom is 0.249 e. The van der Waals surface area contributed by atoms with Crippen LogP contribution in [-0.4, -0.2) is 110 Å². The van der Waals surface area contributed by atoms with Gasteiger partial charge in [-0.1, -0.05) is 199 Å². The van der Waals surface area contributed by atoms with E-state index in [1.165, 1.54) is 128 Å². The van der Waals surface area contributed by atoms with E-state index in [0.717, 1.165) is 57.8 Å². The first kappa shape index (κ1) is 56.9. The second-order valence-corrected chi connectivity index (χ2v) is 17.9. The Balaban J connectivity index is 2.41. The maximum atomic E-state index is 13.1. The summed E-state index contributed by atoms with van der Waals surface area (Å²) in [6, 6.07) is -1.17. The average Bonchev–Trinajstić information content (AvgIpc) is 3.25. The monoisotopic (exact) mass is 858 g/mol. The molecule has 1 rings (SSSR count). The Morgan fingerprint density at radius 3 is 1.40 bits per heavy atom. The number of carbonyl (C=O) groups excluding carboxylic acids is 1. The first-order valence-corrected chi connectivity index (χ1v) is 25.1. The van der Waals surface area contributed by atoms with Gasteiger partial charge in [-0.3, -0.25) is 4.79 Å². The van der Waals surface area contributed by atoms with Crippen LogP contribution in [0, 0.1) is 0 Å². The molecule has 0 radical (unpaired) electrons. The second kappa shape index (κ2) is 39.4. The summed E-state index contributed by atoms with van der Waals surface area (Å²) < 4.78 is 11.1. The molecule has 356 valence electrons. The summed E-state index contributed by atoms with van der Waals surface area (Å²) in [6.45, 7) is 3.45. The van der Waals surface area contributed by atoms with Crippen LogP contribution in [0.15, 0.2) is 12.2 Å². The van der Waals surface area contributed by atoms with Crippen LogP contribution >= 0.6 is 0 Å². The molecule has 0 aromatic carbocycles. The number of ether oxygens (including phenoxy) is 2. The third-order valence-corrected chi connectivity index (χ3v) is 12.3.